The second-order valence-corrected chi connectivity index (χ2v) is 5.65. The first-order chi connectivity index (χ1) is 9.04. The fourth-order valence-corrected chi connectivity index (χ4v) is 2.49. The van der Waals surface area contributed by atoms with Gasteiger partial charge in [-0.2, -0.15) is 0 Å². The van der Waals surface area contributed by atoms with Crippen LogP contribution in [0.5, 0.6) is 5.75 Å². The molecule has 0 spiro atoms. The van der Waals surface area contributed by atoms with Gasteiger partial charge in [0, 0.05) is 12.6 Å². The van der Waals surface area contributed by atoms with E-state index in [4.69, 9.17) is 16.3 Å². The van der Waals surface area contributed by atoms with Crippen molar-refractivity contribution in [3.63, 3.8) is 0 Å². The van der Waals surface area contributed by atoms with E-state index >= 15 is 0 Å². The molecular formula is C13H13ClN2O2S. The molecule has 1 aromatic heterocycles. The summed E-state index contributed by atoms with van der Waals surface area (Å²) in [5.41, 5.74) is 1.57. The molecule has 0 saturated heterocycles. The highest BCUT2D eigenvalue weighted by Crippen LogP contribution is 2.24. The summed E-state index contributed by atoms with van der Waals surface area (Å²) in [6.45, 7) is 3.72. The number of hydrogen-bond donors (Lipinski definition) is 1. The minimum atomic E-state index is -0.0958. The standard InChI is InChI=1S/C13H13ClN2O2S/c1-8-13(14)19-12(15-8)7-18-11-5-3-10(4-6-11)16-9(2)17/h3-6H,7H2,1-2H3,(H,16,17). The number of amides is 1. The normalized spacial score (nSPS) is 10.3. The lowest BCUT2D eigenvalue weighted by molar-refractivity contribution is -0.114. The summed E-state index contributed by atoms with van der Waals surface area (Å²) in [6.07, 6.45) is 0. The smallest absolute Gasteiger partial charge is 0.221 e. The van der Waals surface area contributed by atoms with Gasteiger partial charge in [0.1, 0.15) is 21.7 Å². The molecule has 1 heterocycles. The molecule has 100 valence electrons. The Bertz CT molecular complexity index is 561. The Morgan fingerprint density at radius 3 is 2.63 bits per heavy atom. The van der Waals surface area contributed by atoms with Crippen molar-refractivity contribution in [3.05, 3.63) is 39.3 Å². The van der Waals surface area contributed by atoms with Gasteiger partial charge in [-0.1, -0.05) is 11.6 Å². The molecule has 6 heteroatoms. The van der Waals surface area contributed by atoms with E-state index in [2.05, 4.69) is 10.3 Å². The summed E-state index contributed by atoms with van der Waals surface area (Å²) in [7, 11) is 0. The van der Waals surface area contributed by atoms with Gasteiger partial charge in [0.2, 0.25) is 5.91 Å². The van der Waals surface area contributed by atoms with Crippen molar-refractivity contribution in [1.82, 2.24) is 4.98 Å². The number of halogens is 1. The van der Waals surface area contributed by atoms with Crippen LogP contribution in [0.2, 0.25) is 4.34 Å². The first kappa shape index (κ1) is 13.8. The summed E-state index contributed by atoms with van der Waals surface area (Å²) < 4.78 is 6.29. The molecule has 4 nitrogen and oxygen atoms in total. The van der Waals surface area contributed by atoms with Crippen molar-refractivity contribution in [1.29, 1.82) is 0 Å². The molecule has 0 aliphatic carbocycles. The van der Waals surface area contributed by atoms with Gasteiger partial charge in [-0.15, -0.1) is 11.3 Å². The Hall–Kier alpha value is -1.59. The number of aromatic nitrogens is 1. The minimum absolute atomic E-state index is 0.0958. The maximum Gasteiger partial charge on any atom is 0.221 e. The molecule has 1 amide bonds. The van der Waals surface area contributed by atoms with Gasteiger partial charge < -0.3 is 10.1 Å². The van der Waals surface area contributed by atoms with Gasteiger partial charge >= 0.3 is 0 Å². The molecule has 0 saturated carbocycles. The number of carbonyl (C=O) groups is 1. The fraction of sp³-hybridized carbons (Fsp3) is 0.231. The van der Waals surface area contributed by atoms with Crippen molar-refractivity contribution < 1.29 is 9.53 Å². The molecule has 0 bridgehead atoms. The number of rotatable bonds is 4. The van der Waals surface area contributed by atoms with E-state index in [1.807, 2.05) is 6.92 Å². The second kappa shape index (κ2) is 6.04. The third-order valence-corrected chi connectivity index (χ3v) is 3.75. The maximum absolute atomic E-state index is 10.9. The van der Waals surface area contributed by atoms with Crippen LogP contribution < -0.4 is 10.1 Å². The molecule has 2 aromatic rings. The lowest BCUT2D eigenvalue weighted by atomic mass is 10.3. The van der Waals surface area contributed by atoms with Crippen molar-refractivity contribution in [3.8, 4) is 5.75 Å². The van der Waals surface area contributed by atoms with Crippen LogP contribution in [0.15, 0.2) is 24.3 Å². The molecule has 1 N–H and O–H groups in total. The Morgan fingerprint density at radius 1 is 1.42 bits per heavy atom. The molecule has 0 unspecified atom stereocenters. The zero-order valence-corrected chi connectivity index (χ0v) is 12.1. The van der Waals surface area contributed by atoms with Gasteiger partial charge in [-0.3, -0.25) is 4.79 Å². The van der Waals surface area contributed by atoms with Gasteiger partial charge in [-0.25, -0.2) is 4.98 Å². The van der Waals surface area contributed by atoms with Gasteiger partial charge in [-0.05, 0) is 31.2 Å². The maximum atomic E-state index is 10.9. The zero-order chi connectivity index (χ0) is 13.8. The molecule has 0 atom stereocenters. The molecule has 0 radical (unpaired) electrons. The zero-order valence-electron chi connectivity index (χ0n) is 10.6. The van der Waals surface area contributed by atoms with Crippen LogP contribution in [-0.4, -0.2) is 10.9 Å². The highest BCUT2D eigenvalue weighted by molar-refractivity contribution is 7.16. The second-order valence-electron chi connectivity index (χ2n) is 3.96. The van der Waals surface area contributed by atoms with E-state index in [0.717, 1.165) is 22.1 Å². The third-order valence-electron chi connectivity index (χ3n) is 2.32. The Morgan fingerprint density at radius 2 is 2.11 bits per heavy atom. The van der Waals surface area contributed by atoms with Crippen LogP contribution >= 0.6 is 22.9 Å². The van der Waals surface area contributed by atoms with Crippen LogP contribution in [0.3, 0.4) is 0 Å². The number of nitrogens with one attached hydrogen (secondary N) is 1. The van der Waals surface area contributed by atoms with Gasteiger partial charge in [0.05, 0.1) is 5.69 Å². The molecule has 0 aliphatic heterocycles. The number of anilines is 1. The molecule has 19 heavy (non-hydrogen) atoms. The lowest BCUT2D eigenvalue weighted by Crippen LogP contribution is -2.05. The number of benzene rings is 1. The molecular weight excluding hydrogens is 284 g/mol. The van der Waals surface area contributed by atoms with E-state index in [1.54, 1.807) is 24.3 Å². The Kier molecular flexibility index (Phi) is 4.39. The summed E-state index contributed by atoms with van der Waals surface area (Å²) in [5.74, 6) is 0.625. The first-order valence-corrected chi connectivity index (χ1v) is 6.86. The number of carbonyl (C=O) groups excluding carboxylic acids is 1. The highest BCUT2D eigenvalue weighted by atomic mass is 35.5. The number of hydrogen-bond acceptors (Lipinski definition) is 4. The molecule has 0 aliphatic rings. The molecule has 2 rings (SSSR count). The summed E-state index contributed by atoms with van der Waals surface area (Å²) in [6, 6.07) is 7.17. The van der Waals surface area contributed by atoms with Crippen LogP contribution in [0.1, 0.15) is 17.6 Å². The topological polar surface area (TPSA) is 51.2 Å². The summed E-state index contributed by atoms with van der Waals surface area (Å²) in [4.78, 5) is 15.2. The quantitative estimate of drug-likeness (QED) is 0.937. The van der Waals surface area contributed by atoms with Gasteiger partial charge in [0.15, 0.2) is 0 Å². The summed E-state index contributed by atoms with van der Waals surface area (Å²) >= 11 is 7.36. The Balaban J connectivity index is 1.94. The monoisotopic (exact) mass is 296 g/mol. The Labute approximate surface area is 120 Å². The van der Waals surface area contributed by atoms with Crippen molar-refractivity contribution in [2.45, 2.75) is 20.5 Å². The largest absolute Gasteiger partial charge is 0.486 e. The third kappa shape index (κ3) is 3.94. The highest BCUT2D eigenvalue weighted by Gasteiger charge is 2.05. The number of aryl methyl sites for hydroxylation is 1. The van der Waals surface area contributed by atoms with Crippen LogP contribution in [0.4, 0.5) is 5.69 Å². The van der Waals surface area contributed by atoms with Crippen molar-refractivity contribution >= 4 is 34.5 Å². The van der Waals surface area contributed by atoms with Crippen LogP contribution in [-0.2, 0) is 11.4 Å². The number of thiazole rings is 1. The fourth-order valence-electron chi connectivity index (χ4n) is 1.48. The average Bonchev–Trinajstić information content (AvgIpc) is 2.67. The lowest BCUT2D eigenvalue weighted by Gasteiger charge is -2.05. The van der Waals surface area contributed by atoms with E-state index in [0.29, 0.717) is 10.9 Å². The molecule has 0 fully saturated rings. The van der Waals surface area contributed by atoms with Crippen LogP contribution in [0.25, 0.3) is 0 Å². The number of nitrogens with zero attached hydrogens (tertiary/aromatic N) is 1. The van der Waals surface area contributed by atoms with E-state index in [1.165, 1.54) is 18.3 Å². The van der Waals surface area contributed by atoms with E-state index < -0.39 is 0 Å². The van der Waals surface area contributed by atoms with Crippen LogP contribution in [0, 0.1) is 6.92 Å². The predicted molar refractivity (Wildman–Crippen MR) is 76.9 cm³/mol. The minimum Gasteiger partial charge on any atom is -0.486 e. The average molecular weight is 297 g/mol. The van der Waals surface area contributed by atoms with E-state index in [-0.39, 0.29) is 5.91 Å². The SMILES string of the molecule is CC(=O)Nc1ccc(OCc2nc(C)c(Cl)s2)cc1. The van der Waals surface area contributed by atoms with E-state index in [9.17, 15) is 4.79 Å². The van der Waals surface area contributed by atoms with Crippen molar-refractivity contribution in [2.75, 3.05) is 5.32 Å². The number of ether oxygens (including phenoxy) is 1. The predicted octanol–water partition coefficient (Wildman–Crippen LogP) is 3.64. The summed E-state index contributed by atoms with van der Waals surface area (Å²) in [5, 5.41) is 3.54. The first-order valence-electron chi connectivity index (χ1n) is 5.67. The molecule has 1 aromatic carbocycles. The van der Waals surface area contributed by atoms with Gasteiger partial charge in [0.25, 0.3) is 0 Å². The van der Waals surface area contributed by atoms with Crippen molar-refractivity contribution in [2.24, 2.45) is 0 Å².